The number of hydrogen-bond acceptors (Lipinski definition) is 6. The Morgan fingerprint density at radius 1 is 1.21 bits per heavy atom. The number of hydrazone groups is 1. The molecule has 9 heteroatoms. The van der Waals surface area contributed by atoms with Crippen molar-refractivity contribution in [3.8, 4) is 11.5 Å². The maximum absolute atomic E-state index is 12.2. The lowest BCUT2D eigenvalue weighted by Gasteiger charge is -2.09. The molecule has 2 amide bonds. The van der Waals surface area contributed by atoms with E-state index < -0.39 is 11.8 Å². The molecule has 1 heterocycles. The molecule has 0 aliphatic carbocycles. The van der Waals surface area contributed by atoms with Crippen molar-refractivity contribution in [1.82, 2.24) is 5.43 Å². The molecule has 2 aromatic carbocycles. The summed E-state index contributed by atoms with van der Waals surface area (Å²) < 4.78 is 16.9. The lowest BCUT2D eigenvalue weighted by atomic mass is 10.2. The average molecular weight is 446 g/mol. The quantitative estimate of drug-likeness (QED) is 0.428. The minimum absolute atomic E-state index is 0.151. The van der Waals surface area contributed by atoms with Crippen LogP contribution in [-0.2, 0) is 4.79 Å². The number of rotatable bonds is 7. The van der Waals surface area contributed by atoms with Gasteiger partial charge in [-0.2, -0.15) is 5.10 Å². The third-order valence-corrected chi connectivity index (χ3v) is 4.13. The van der Waals surface area contributed by atoms with Crippen LogP contribution in [0.15, 0.2) is 56.5 Å². The fourth-order valence-electron chi connectivity index (χ4n) is 2.38. The van der Waals surface area contributed by atoms with Crippen LogP contribution in [0.3, 0.4) is 0 Å². The largest absolute Gasteiger partial charge is 0.493 e. The Balaban J connectivity index is 1.67. The van der Waals surface area contributed by atoms with Crippen LogP contribution in [0.2, 0.25) is 0 Å². The lowest BCUT2D eigenvalue weighted by molar-refractivity contribution is -0.119. The highest BCUT2D eigenvalue weighted by Crippen LogP contribution is 2.27. The molecule has 3 N–H and O–H groups in total. The number of amides is 2. The molecule has 3 aromatic rings. The molecule has 1 aromatic heterocycles. The van der Waals surface area contributed by atoms with Gasteiger partial charge in [-0.15, -0.1) is 0 Å². The van der Waals surface area contributed by atoms with Crippen LogP contribution >= 0.6 is 15.9 Å². The molecule has 0 fully saturated rings. The number of ether oxygens (including phenoxy) is 2. The highest BCUT2D eigenvalue weighted by atomic mass is 79.9. The fraction of sp³-hybridized carbons (Fsp3) is 0.105. The molecule has 0 unspecified atom stereocenters. The number of nitrogens with zero attached hydrogens (tertiary/aromatic N) is 1. The van der Waals surface area contributed by atoms with Crippen molar-refractivity contribution in [3.63, 3.8) is 0 Å². The van der Waals surface area contributed by atoms with E-state index in [0.717, 1.165) is 9.86 Å². The molecular weight excluding hydrogens is 430 g/mol. The van der Waals surface area contributed by atoms with Crippen LogP contribution in [0.1, 0.15) is 16.1 Å². The maximum atomic E-state index is 12.2. The van der Waals surface area contributed by atoms with Gasteiger partial charge in [-0.25, -0.2) is 5.43 Å². The number of fused-ring (bicyclic) bond motifs is 1. The van der Waals surface area contributed by atoms with E-state index in [9.17, 15) is 9.59 Å². The first-order chi connectivity index (χ1) is 13.5. The molecule has 0 aliphatic rings. The van der Waals surface area contributed by atoms with Crippen LogP contribution in [-0.4, -0.2) is 31.7 Å². The Hall–Kier alpha value is -3.33. The molecule has 0 saturated carbocycles. The van der Waals surface area contributed by atoms with Crippen LogP contribution < -0.4 is 20.6 Å². The first kappa shape index (κ1) is 19.4. The third kappa shape index (κ3) is 4.68. The number of primary amides is 1. The van der Waals surface area contributed by atoms with Crippen LogP contribution in [0, 0.1) is 0 Å². The smallest absolute Gasteiger partial charge is 0.307 e. The number of carbonyl (C=O) groups excluding carboxylic acids is 2. The number of halogens is 1. The predicted octanol–water partition coefficient (Wildman–Crippen LogP) is 2.83. The third-order valence-electron chi connectivity index (χ3n) is 3.64. The molecule has 0 bridgehead atoms. The van der Waals surface area contributed by atoms with Gasteiger partial charge in [0.25, 0.3) is 5.91 Å². The van der Waals surface area contributed by atoms with Gasteiger partial charge in [-0.3, -0.25) is 9.59 Å². The highest BCUT2D eigenvalue weighted by molar-refractivity contribution is 9.10. The number of furan rings is 1. The van der Waals surface area contributed by atoms with Gasteiger partial charge >= 0.3 is 5.91 Å². The molecule has 0 atom stereocenters. The first-order valence-electron chi connectivity index (χ1n) is 8.08. The standard InChI is InChI=1S/C19H16BrN3O5/c1-26-16-6-11(2-4-15(16)27-10-18(21)24)9-22-23-19(25)17-8-12-7-13(20)3-5-14(12)28-17/h2-9H,10H2,1H3,(H2,21,24)(H,23,25)/b22-9-. The van der Waals surface area contributed by atoms with Crippen molar-refractivity contribution in [1.29, 1.82) is 0 Å². The van der Waals surface area contributed by atoms with E-state index in [4.69, 9.17) is 19.6 Å². The second kappa shape index (κ2) is 8.57. The minimum atomic E-state index is -0.589. The average Bonchev–Trinajstić information content (AvgIpc) is 3.09. The molecule has 28 heavy (non-hydrogen) atoms. The zero-order chi connectivity index (χ0) is 20.1. The van der Waals surface area contributed by atoms with Gasteiger partial charge in [0.05, 0.1) is 13.3 Å². The summed E-state index contributed by atoms with van der Waals surface area (Å²) in [5.74, 6) is -0.140. The molecule has 144 valence electrons. The van der Waals surface area contributed by atoms with Crippen molar-refractivity contribution in [2.24, 2.45) is 10.8 Å². The van der Waals surface area contributed by atoms with E-state index in [2.05, 4.69) is 26.5 Å². The Kier molecular flexibility index (Phi) is 5.95. The fourth-order valence-corrected chi connectivity index (χ4v) is 2.76. The minimum Gasteiger partial charge on any atom is -0.493 e. The summed E-state index contributed by atoms with van der Waals surface area (Å²) in [6.07, 6.45) is 1.44. The second-order valence-electron chi connectivity index (χ2n) is 5.66. The maximum Gasteiger partial charge on any atom is 0.307 e. The molecule has 0 radical (unpaired) electrons. The topological polar surface area (TPSA) is 116 Å². The van der Waals surface area contributed by atoms with E-state index in [1.807, 2.05) is 12.1 Å². The summed E-state index contributed by atoms with van der Waals surface area (Å²) in [4.78, 5) is 23.0. The van der Waals surface area contributed by atoms with Gasteiger partial charge < -0.3 is 19.6 Å². The van der Waals surface area contributed by atoms with Crippen molar-refractivity contribution in [2.45, 2.75) is 0 Å². The molecule has 0 spiro atoms. The lowest BCUT2D eigenvalue weighted by Crippen LogP contribution is -2.20. The van der Waals surface area contributed by atoms with Crippen molar-refractivity contribution in [2.75, 3.05) is 13.7 Å². The summed E-state index contributed by atoms with van der Waals surface area (Å²) in [6.45, 7) is -0.256. The first-order valence-corrected chi connectivity index (χ1v) is 8.87. The summed E-state index contributed by atoms with van der Waals surface area (Å²) in [7, 11) is 1.47. The summed E-state index contributed by atoms with van der Waals surface area (Å²) in [5, 5.41) is 4.73. The molecule has 0 aliphatic heterocycles. The number of nitrogens with two attached hydrogens (primary N) is 1. The SMILES string of the molecule is COc1cc(/C=N\NC(=O)c2cc3cc(Br)ccc3o2)ccc1OCC(N)=O. The molecule has 8 nitrogen and oxygen atoms in total. The number of carbonyl (C=O) groups is 2. The zero-order valence-corrected chi connectivity index (χ0v) is 16.4. The zero-order valence-electron chi connectivity index (χ0n) is 14.8. The summed E-state index contributed by atoms with van der Waals surface area (Å²) in [6, 6.07) is 12.0. The van der Waals surface area contributed by atoms with Gasteiger partial charge in [0.15, 0.2) is 23.9 Å². The monoisotopic (exact) mass is 445 g/mol. The van der Waals surface area contributed by atoms with Crippen molar-refractivity contribution < 1.29 is 23.5 Å². The van der Waals surface area contributed by atoms with Crippen LogP contribution in [0.25, 0.3) is 11.0 Å². The van der Waals surface area contributed by atoms with E-state index in [1.54, 1.807) is 30.3 Å². The number of hydrogen-bond donors (Lipinski definition) is 2. The van der Waals surface area contributed by atoms with Gasteiger partial charge in [-0.05, 0) is 48.0 Å². The van der Waals surface area contributed by atoms with E-state index in [-0.39, 0.29) is 12.4 Å². The Labute approximate surface area is 168 Å². The van der Waals surface area contributed by atoms with E-state index >= 15 is 0 Å². The second-order valence-corrected chi connectivity index (χ2v) is 6.57. The molecule has 3 rings (SSSR count). The van der Waals surface area contributed by atoms with Crippen molar-refractivity contribution in [3.05, 3.63) is 58.3 Å². The van der Waals surface area contributed by atoms with E-state index in [1.165, 1.54) is 13.3 Å². The van der Waals surface area contributed by atoms with Crippen LogP contribution in [0.5, 0.6) is 11.5 Å². The normalized spacial score (nSPS) is 10.9. The van der Waals surface area contributed by atoms with Gasteiger partial charge in [0, 0.05) is 9.86 Å². The number of methoxy groups -OCH3 is 1. The van der Waals surface area contributed by atoms with Crippen molar-refractivity contribution >= 4 is 44.9 Å². The Morgan fingerprint density at radius 2 is 2.04 bits per heavy atom. The predicted molar refractivity (Wildman–Crippen MR) is 107 cm³/mol. The molecular formula is C19H16BrN3O5. The summed E-state index contributed by atoms with van der Waals surface area (Å²) >= 11 is 3.37. The van der Waals surface area contributed by atoms with E-state index in [0.29, 0.717) is 22.6 Å². The highest BCUT2D eigenvalue weighted by Gasteiger charge is 2.12. The Bertz CT molecular complexity index is 1060. The van der Waals surface area contributed by atoms with Gasteiger partial charge in [0.1, 0.15) is 5.58 Å². The van der Waals surface area contributed by atoms with Gasteiger partial charge in [-0.1, -0.05) is 15.9 Å². The van der Waals surface area contributed by atoms with Gasteiger partial charge in [0.2, 0.25) is 0 Å². The van der Waals surface area contributed by atoms with Crippen LogP contribution in [0.4, 0.5) is 0 Å². The number of nitrogens with one attached hydrogen (secondary N) is 1. The summed E-state index contributed by atoms with van der Waals surface area (Å²) in [5.41, 5.74) is 8.72. The molecule has 0 saturated heterocycles. The number of benzene rings is 2. The Morgan fingerprint density at radius 3 is 2.79 bits per heavy atom.